The molecule has 1 heterocycles. The van der Waals surface area contributed by atoms with Crippen molar-refractivity contribution in [1.82, 2.24) is 0 Å². The summed E-state index contributed by atoms with van der Waals surface area (Å²) in [6.07, 6.45) is 2.41. The second kappa shape index (κ2) is 5.21. The molecule has 1 aliphatic carbocycles. The minimum Gasteiger partial charge on any atom is -0.397 e. The summed E-state index contributed by atoms with van der Waals surface area (Å²) in [5, 5.41) is 3.82. The van der Waals surface area contributed by atoms with Gasteiger partial charge in [0.25, 0.3) is 5.91 Å². The molecule has 5 N–H and O–H groups in total. The van der Waals surface area contributed by atoms with Crippen LogP contribution in [0.3, 0.4) is 0 Å². The molecule has 1 saturated carbocycles. The number of anilines is 2. The number of carbonyl (C=O) groups is 2. The van der Waals surface area contributed by atoms with Crippen molar-refractivity contribution in [3.05, 3.63) is 10.4 Å². The van der Waals surface area contributed by atoms with Gasteiger partial charge in [0, 0.05) is 12.5 Å². The lowest BCUT2D eigenvalue weighted by atomic mass is 10.1. The molecule has 104 valence electrons. The number of nitrogen functional groups attached to an aromatic ring is 1. The third-order valence-electron chi connectivity index (χ3n) is 3.19. The first-order valence-corrected chi connectivity index (χ1v) is 7.23. The molecule has 0 saturated heterocycles. The van der Waals surface area contributed by atoms with Crippen LogP contribution in [0.1, 0.15) is 46.7 Å². The highest BCUT2D eigenvalue weighted by Crippen LogP contribution is 2.38. The maximum absolute atomic E-state index is 12.1. The van der Waals surface area contributed by atoms with Crippen LogP contribution in [0.15, 0.2) is 0 Å². The van der Waals surface area contributed by atoms with E-state index in [2.05, 4.69) is 5.32 Å². The van der Waals surface area contributed by atoms with Crippen molar-refractivity contribution < 1.29 is 9.59 Å². The number of thiophene rings is 1. The zero-order valence-electron chi connectivity index (χ0n) is 11.2. The highest BCUT2D eigenvalue weighted by Gasteiger charge is 2.27. The van der Waals surface area contributed by atoms with Crippen LogP contribution in [-0.2, 0) is 0 Å². The SMILES string of the molecule is CC(C)C(=O)c1sc(NCC2CC2)c(C(N)=O)c1N. The first kappa shape index (κ1) is 13.9. The topological polar surface area (TPSA) is 98.2 Å². The van der Waals surface area contributed by atoms with Crippen LogP contribution in [0.2, 0.25) is 0 Å². The summed E-state index contributed by atoms with van der Waals surface area (Å²) in [6.45, 7) is 4.42. The normalized spacial score (nSPS) is 14.7. The Labute approximate surface area is 116 Å². The largest absolute Gasteiger partial charge is 0.397 e. The van der Waals surface area contributed by atoms with Crippen LogP contribution in [0, 0.1) is 11.8 Å². The minimum absolute atomic E-state index is 0.0514. The summed E-state index contributed by atoms with van der Waals surface area (Å²) in [5.41, 5.74) is 11.8. The summed E-state index contributed by atoms with van der Waals surface area (Å²) in [6, 6.07) is 0. The predicted molar refractivity (Wildman–Crippen MR) is 77.6 cm³/mol. The van der Waals surface area contributed by atoms with E-state index in [1.54, 1.807) is 0 Å². The molecule has 6 heteroatoms. The molecule has 0 aromatic carbocycles. The summed E-state index contributed by atoms with van der Waals surface area (Å²) in [5.74, 6) is -0.134. The zero-order valence-corrected chi connectivity index (χ0v) is 12.0. The summed E-state index contributed by atoms with van der Waals surface area (Å²) < 4.78 is 0. The van der Waals surface area contributed by atoms with E-state index in [0.29, 0.717) is 15.8 Å². The van der Waals surface area contributed by atoms with E-state index in [0.717, 1.165) is 6.54 Å². The summed E-state index contributed by atoms with van der Waals surface area (Å²) in [7, 11) is 0. The predicted octanol–water partition coefficient (Wildman–Crippen LogP) is 2.09. The average Bonchev–Trinajstić information content (AvgIpc) is 3.09. The maximum atomic E-state index is 12.1. The van der Waals surface area contributed by atoms with Crippen molar-refractivity contribution in [2.24, 2.45) is 17.6 Å². The highest BCUT2D eigenvalue weighted by molar-refractivity contribution is 7.19. The molecular formula is C13H19N3O2S. The molecule has 0 bridgehead atoms. The fourth-order valence-electron chi connectivity index (χ4n) is 1.82. The fourth-order valence-corrected chi connectivity index (χ4v) is 3.04. The molecule has 0 spiro atoms. The second-order valence-electron chi connectivity index (χ2n) is 5.26. The van der Waals surface area contributed by atoms with Crippen LogP contribution in [0.5, 0.6) is 0 Å². The number of ketones is 1. The molecule has 1 aliphatic rings. The molecule has 1 aromatic rings. The van der Waals surface area contributed by atoms with Gasteiger partial charge >= 0.3 is 0 Å². The van der Waals surface area contributed by atoms with Crippen LogP contribution in [0.4, 0.5) is 10.7 Å². The van der Waals surface area contributed by atoms with Gasteiger partial charge in [-0.2, -0.15) is 0 Å². The Hall–Kier alpha value is -1.56. The number of rotatable bonds is 6. The first-order valence-electron chi connectivity index (χ1n) is 6.42. The van der Waals surface area contributed by atoms with E-state index >= 15 is 0 Å². The highest BCUT2D eigenvalue weighted by atomic mass is 32.1. The number of primary amides is 1. The standard InChI is InChI=1S/C13H19N3O2S/c1-6(2)10(17)11-9(14)8(12(15)18)13(19-11)16-5-7-3-4-7/h6-7,16H,3-5,14H2,1-2H3,(H2,15,18). The molecule has 5 nitrogen and oxygen atoms in total. The van der Waals surface area contributed by atoms with E-state index in [1.165, 1.54) is 24.2 Å². The van der Waals surface area contributed by atoms with Crippen molar-refractivity contribution in [3.8, 4) is 0 Å². The van der Waals surface area contributed by atoms with Gasteiger partial charge in [-0.05, 0) is 18.8 Å². The van der Waals surface area contributed by atoms with Gasteiger partial charge in [-0.1, -0.05) is 13.8 Å². The molecule has 0 unspecified atom stereocenters. The smallest absolute Gasteiger partial charge is 0.253 e. The van der Waals surface area contributed by atoms with Crippen LogP contribution >= 0.6 is 11.3 Å². The molecule has 2 rings (SSSR count). The second-order valence-corrected chi connectivity index (χ2v) is 6.28. The Kier molecular flexibility index (Phi) is 3.80. The number of carbonyl (C=O) groups excluding carboxylic acids is 2. The quantitative estimate of drug-likeness (QED) is 0.695. The number of nitrogens with one attached hydrogen (secondary N) is 1. The third kappa shape index (κ3) is 2.89. The van der Waals surface area contributed by atoms with E-state index in [-0.39, 0.29) is 23.0 Å². The lowest BCUT2D eigenvalue weighted by Gasteiger charge is -2.04. The monoisotopic (exact) mass is 281 g/mol. The van der Waals surface area contributed by atoms with E-state index < -0.39 is 5.91 Å². The lowest BCUT2D eigenvalue weighted by molar-refractivity contribution is 0.0944. The van der Waals surface area contributed by atoms with E-state index in [4.69, 9.17) is 11.5 Å². The number of Topliss-reactive ketones (excluding diaryl/α,β-unsaturated/α-hetero) is 1. The summed E-state index contributed by atoms with van der Waals surface area (Å²) >= 11 is 1.23. The van der Waals surface area contributed by atoms with Crippen LogP contribution in [0.25, 0.3) is 0 Å². The fraction of sp³-hybridized carbons (Fsp3) is 0.538. The number of hydrogen-bond acceptors (Lipinski definition) is 5. The van der Waals surface area contributed by atoms with Gasteiger partial charge in [0.05, 0.1) is 16.1 Å². The van der Waals surface area contributed by atoms with Gasteiger partial charge in [0.2, 0.25) is 0 Å². The lowest BCUT2D eigenvalue weighted by Crippen LogP contribution is -2.16. The van der Waals surface area contributed by atoms with Crippen molar-refractivity contribution >= 4 is 33.7 Å². The molecule has 0 aliphatic heterocycles. The van der Waals surface area contributed by atoms with Gasteiger partial charge in [-0.15, -0.1) is 11.3 Å². The summed E-state index contributed by atoms with van der Waals surface area (Å²) in [4.78, 5) is 24.0. The first-order chi connectivity index (χ1) is 8.91. The number of hydrogen-bond donors (Lipinski definition) is 3. The van der Waals surface area contributed by atoms with Gasteiger partial charge in [-0.25, -0.2) is 0 Å². The van der Waals surface area contributed by atoms with Crippen molar-refractivity contribution in [1.29, 1.82) is 0 Å². The van der Waals surface area contributed by atoms with Gasteiger partial charge in [0.1, 0.15) is 5.00 Å². The molecule has 0 radical (unpaired) electrons. The molecule has 1 fully saturated rings. The molecular weight excluding hydrogens is 262 g/mol. The molecule has 19 heavy (non-hydrogen) atoms. The van der Waals surface area contributed by atoms with Crippen molar-refractivity contribution in [3.63, 3.8) is 0 Å². The molecule has 1 aromatic heterocycles. The zero-order chi connectivity index (χ0) is 14.2. The Morgan fingerprint density at radius 1 is 1.42 bits per heavy atom. The Morgan fingerprint density at radius 3 is 2.53 bits per heavy atom. The van der Waals surface area contributed by atoms with E-state index in [9.17, 15) is 9.59 Å². The van der Waals surface area contributed by atoms with Crippen molar-refractivity contribution in [2.45, 2.75) is 26.7 Å². The average molecular weight is 281 g/mol. The van der Waals surface area contributed by atoms with Crippen LogP contribution < -0.4 is 16.8 Å². The van der Waals surface area contributed by atoms with Gasteiger partial charge in [-0.3, -0.25) is 9.59 Å². The Balaban J connectivity index is 2.31. The van der Waals surface area contributed by atoms with Crippen molar-refractivity contribution in [2.75, 3.05) is 17.6 Å². The number of amides is 1. The van der Waals surface area contributed by atoms with E-state index in [1.807, 2.05) is 13.8 Å². The van der Waals surface area contributed by atoms with Crippen LogP contribution in [-0.4, -0.2) is 18.2 Å². The maximum Gasteiger partial charge on any atom is 0.253 e. The van der Waals surface area contributed by atoms with Gasteiger partial charge < -0.3 is 16.8 Å². The number of nitrogens with two attached hydrogens (primary N) is 2. The van der Waals surface area contributed by atoms with Gasteiger partial charge in [0.15, 0.2) is 5.78 Å². The molecule has 0 atom stereocenters. The minimum atomic E-state index is -0.588. The third-order valence-corrected chi connectivity index (χ3v) is 4.37. The Morgan fingerprint density at radius 2 is 2.05 bits per heavy atom. The molecule has 1 amide bonds. The Bertz CT molecular complexity index is 518.